The van der Waals surface area contributed by atoms with Crippen molar-refractivity contribution in [2.75, 3.05) is 67.1 Å². The molecule has 0 radical (unpaired) electrons. The minimum atomic E-state index is -0.119. The highest BCUT2D eigenvalue weighted by Gasteiger charge is 2.27. The van der Waals surface area contributed by atoms with Crippen LogP contribution in [-0.2, 0) is 16.2 Å². The second-order valence-corrected chi connectivity index (χ2v) is 13.8. The Morgan fingerprint density at radius 1 is 0.849 bits per heavy atom. The molecule has 2 amide bonds. The van der Waals surface area contributed by atoms with E-state index in [0.717, 1.165) is 59.0 Å². The lowest BCUT2D eigenvalue weighted by molar-refractivity contribution is -0.132. The molecular formula is C41H44ClN5O6. The fourth-order valence-electron chi connectivity index (χ4n) is 7.39. The molecule has 0 N–H and O–H groups in total. The molecule has 0 saturated carbocycles. The normalized spacial score (nSPS) is 15.1. The van der Waals surface area contributed by atoms with Gasteiger partial charge in [0, 0.05) is 79.0 Å². The molecule has 0 aliphatic carbocycles. The van der Waals surface area contributed by atoms with E-state index in [9.17, 15) is 9.59 Å². The maximum absolute atomic E-state index is 13.7. The predicted octanol–water partition coefficient (Wildman–Crippen LogP) is 6.53. The monoisotopic (exact) mass is 737 g/mol. The lowest BCUT2D eigenvalue weighted by atomic mass is 10.1. The summed E-state index contributed by atoms with van der Waals surface area (Å²) >= 11 is 6.24. The molecule has 2 aliphatic rings. The van der Waals surface area contributed by atoms with Crippen LogP contribution in [0.5, 0.6) is 23.0 Å². The summed E-state index contributed by atoms with van der Waals surface area (Å²) in [5.41, 5.74) is 4.82. The molecule has 11 nitrogen and oxygen atoms in total. The highest BCUT2D eigenvalue weighted by molar-refractivity contribution is 6.30. The molecule has 0 spiro atoms. The van der Waals surface area contributed by atoms with E-state index in [1.54, 1.807) is 39.7 Å². The zero-order chi connectivity index (χ0) is 37.1. The smallest absolute Gasteiger partial charge is 0.246 e. The zero-order valence-corrected chi connectivity index (χ0v) is 31.3. The van der Waals surface area contributed by atoms with Gasteiger partial charge in [0.2, 0.25) is 17.6 Å². The van der Waals surface area contributed by atoms with E-state index in [0.29, 0.717) is 78.6 Å². The standard InChI is InChI=1S/C41H44ClN5O6/c1-27-38-33(14-15-43-27)32-12-11-31(53-26-28-8-7-9-30(42)22-28)24-34(32)47(38)39-29(23-35(50-2)40(51-3)41(39)52-4)10-13-36(48)46-20-18-44(19-21-46)25-37(49)45-16-5-6-17-45/h7-15,22-24H,5-6,16-21,25-26H2,1-4H3/b13-10+. The van der Waals surface area contributed by atoms with E-state index in [2.05, 4.69) is 14.5 Å². The average molecular weight is 738 g/mol. The number of piperazine rings is 1. The van der Waals surface area contributed by atoms with Crippen molar-refractivity contribution in [2.24, 2.45) is 0 Å². The first-order valence-electron chi connectivity index (χ1n) is 17.9. The van der Waals surface area contributed by atoms with Crippen molar-refractivity contribution in [3.05, 3.63) is 88.7 Å². The molecule has 5 aromatic rings. The Bertz CT molecular complexity index is 2190. The average Bonchev–Trinajstić information content (AvgIpc) is 3.83. The van der Waals surface area contributed by atoms with E-state index in [-0.39, 0.29) is 11.8 Å². The number of aromatic nitrogens is 2. The van der Waals surface area contributed by atoms with E-state index < -0.39 is 0 Å². The number of fused-ring (bicyclic) bond motifs is 3. The number of benzene rings is 3. The molecular weight excluding hydrogens is 694 g/mol. The highest BCUT2D eigenvalue weighted by Crippen LogP contribution is 2.47. The predicted molar refractivity (Wildman–Crippen MR) is 207 cm³/mol. The van der Waals surface area contributed by atoms with Crippen LogP contribution < -0.4 is 18.9 Å². The van der Waals surface area contributed by atoms with Gasteiger partial charge in [0.25, 0.3) is 0 Å². The molecule has 4 heterocycles. The Hall–Kier alpha value is -5.26. The summed E-state index contributed by atoms with van der Waals surface area (Å²) in [6.07, 6.45) is 7.34. The van der Waals surface area contributed by atoms with Crippen molar-refractivity contribution < 1.29 is 28.5 Å². The van der Waals surface area contributed by atoms with Crippen LogP contribution in [0.1, 0.15) is 29.7 Å². The number of hydrogen-bond acceptors (Lipinski definition) is 8. The van der Waals surface area contributed by atoms with Gasteiger partial charge < -0.3 is 33.3 Å². The molecule has 2 fully saturated rings. The number of pyridine rings is 1. The molecule has 7 rings (SSSR count). The zero-order valence-electron chi connectivity index (χ0n) is 30.6. The number of hydrogen-bond donors (Lipinski definition) is 0. The summed E-state index contributed by atoms with van der Waals surface area (Å²) in [7, 11) is 4.73. The molecule has 2 aliphatic heterocycles. The lowest BCUT2D eigenvalue weighted by Crippen LogP contribution is -2.51. The van der Waals surface area contributed by atoms with Gasteiger partial charge in [-0.15, -0.1) is 0 Å². The van der Waals surface area contributed by atoms with E-state index in [1.807, 2.05) is 71.3 Å². The van der Waals surface area contributed by atoms with Crippen molar-refractivity contribution in [1.82, 2.24) is 24.3 Å². The van der Waals surface area contributed by atoms with Gasteiger partial charge in [-0.3, -0.25) is 19.5 Å². The number of halogens is 1. The highest BCUT2D eigenvalue weighted by atomic mass is 35.5. The quantitative estimate of drug-likeness (QED) is 0.141. The number of aryl methyl sites for hydroxylation is 1. The Balaban J connectivity index is 1.26. The summed E-state index contributed by atoms with van der Waals surface area (Å²) in [5.74, 6) is 2.03. The van der Waals surface area contributed by atoms with Gasteiger partial charge in [-0.2, -0.15) is 0 Å². The van der Waals surface area contributed by atoms with Crippen molar-refractivity contribution in [1.29, 1.82) is 0 Å². The Kier molecular flexibility index (Phi) is 10.7. The Morgan fingerprint density at radius 2 is 1.62 bits per heavy atom. The summed E-state index contributed by atoms with van der Waals surface area (Å²) in [4.78, 5) is 37.0. The maximum atomic E-state index is 13.7. The van der Waals surface area contributed by atoms with Crippen molar-refractivity contribution in [3.8, 4) is 28.7 Å². The van der Waals surface area contributed by atoms with Crippen LogP contribution in [0.15, 0.2) is 66.9 Å². The summed E-state index contributed by atoms with van der Waals surface area (Å²) in [5, 5.41) is 2.64. The first-order chi connectivity index (χ1) is 25.8. The van der Waals surface area contributed by atoms with Crippen LogP contribution in [0.4, 0.5) is 0 Å². The Labute approximate surface area is 314 Å². The first kappa shape index (κ1) is 36.1. The molecule has 0 unspecified atom stereocenters. The third kappa shape index (κ3) is 7.36. The number of methoxy groups -OCH3 is 3. The number of ether oxygens (including phenoxy) is 4. The number of likely N-dealkylation sites (tertiary alicyclic amines) is 1. The van der Waals surface area contributed by atoms with Crippen molar-refractivity contribution in [3.63, 3.8) is 0 Å². The van der Waals surface area contributed by atoms with E-state index >= 15 is 0 Å². The molecule has 53 heavy (non-hydrogen) atoms. The molecule has 0 bridgehead atoms. The third-order valence-electron chi connectivity index (χ3n) is 10.1. The van der Waals surface area contributed by atoms with E-state index in [1.165, 1.54) is 0 Å². The largest absolute Gasteiger partial charge is 0.493 e. The molecule has 12 heteroatoms. The number of rotatable bonds is 11. The van der Waals surface area contributed by atoms with E-state index in [4.69, 9.17) is 30.5 Å². The van der Waals surface area contributed by atoms with Crippen molar-refractivity contribution in [2.45, 2.75) is 26.4 Å². The molecule has 2 saturated heterocycles. The van der Waals surface area contributed by atoms with Gasteiger partial charge >= 0.3 is 0 Å². The third-order valence-corrected chi connectivity index (χ3v) is 10.3. The lowest BCUT2D eigenvalue weighted by Gasteiger charge is -2.34. The fraction of sp³-hybridized carbons (Fsp3) is 0.341. The fourth-order valence-corrected chi connectivity index (χ4v) is 7.60. The van der Waals surface area contributed by atoms with Crippen LogP contribution in [-0.4, -0.2) is 103 Å². The van der Waals surface area contributed by atoms with Crippen LogP contribution in [0.25, 0.3) is 33.6 Å². The van der Waals surface area contributed by atoms with Gasteiger partial charge in [0.05, 0.1) is 44.6 Å². The van der Waals surface area contributed by atoms with Crippen LogP contribution in [0.2, 0.25) is 5.02 Å². The molecule has 276 valence electrons. The topological polar surface area (TPSA) is 98.6 Å². The number of carbonyl (C=O) groups is 2. The van der Waals surface area contributed by atoms with Crippen LogP contribution in [0, 0.1) is 6.92 Å². The van der Waals surface area contributed by atoms with Gasteiger partial charge in [-0.05, 0) is 67.8 Å². The van der Waals surface area contributed by atoms with Gasteiger partial charge in [0.15, 0.2) is 11.5 Å². The van der Waals surface area contributed by atoms with Crippen LogP contribution in [0.3, 0.4) is 0 Å². The number of nitrogens with zero attached hydrogens (tertiary/aromatic N) is 5. The summed E-state index contributed by atoms with van der Waals surface area (Å²) in [6.45, 7) is 6.75. The Morgan fingerprint density at radius 3 is 2.34 bits per heavy atom. The second kappa shape index (κ2) is 15.8. The molecule has 0 atom stereocenters. The second-order valence-electron chi connectivity index (χ2n) is 13.3. The van der Waals surface area contributed by atoms with Gasteiger partial charge in [0.1, 0.15) is 18.0 Å². The number of carbonyl (C=O) groups excluding carboxylic acids is 2. The minimum absolute atomic E-state index is 0.119. The van der Waals surface area contributed by atoms with Crippen LogP contribution >= 0.6 is 11.6 Å². The first-order valence-corrected chi connectivity index (χ1v) is 18.2. The summed E-state index contributed by atoms with van der Waals surface area (Å²) in [6, 6.07) is 17.5. The number of amides is 2. The minimum Gasteiger partial charge on any atom is -0.493 e. The van der Waals surface area contributed by atoms with Gasteiger partial charge in [-0.25, -0.2) is 0 Å². The maximum Gasteiger partial charge on any atom is 0.246 e. The molecule has 2 aromatic heterocycles. The SMILES string of the molecule is COc1cc(/C=C/C(=O)N2CCN(CC(=O)N3CCCC3)CC2)c(-n2c3cc(OCc4cccc(Cl)c4)ccc3c3ccnc(C)c32)c(OC)c1OC. The summed E-state index contributed by atoms with van der Waals surface area (Å²) < 4.78 is 26.1. The van der Waals surface area contributed by atoms with Crippen molar-refractivity contribution >= 4 is 51.3 Å². The van der Waals surface area contributed by atoms with Gasteiger partial charge in [-0.1, -0.05) is 23.7 Å². The molecule has 3 aromatic carbocycles.